The Kier molecular flexibility index (Phi) is 5.91. The van der Waals surface area contributed by atoms with Crippen molar-refractivity contribution < 1.29 is 14.3 Å². The van der Waals surface area contributed by atoms with Crippen LogP contribution < -0.4 is 5.32 Å². The maximum atomic E-state index is 11.8. The summed E-state index contributed by atoms with van der Waals surface area (Å²) in [6, 6.07) is 8.69. The number of benzene rings is 1. The zero-order chi connectivity index (χ0) is 13.4. The highest BCUT2D eigenvalue weighted by atomic mass is 16.5. The molecular formula is C14H19NO3. The van der Waals surface area contributed by atoms with E-state index in [0.717, 1.165) is 12.8 Å². The van der Waals surface area contributed by atoms with Crippen molar-refractivity contribution in [1.82, 2.24) is 5.32 Å². The van der Waals surface area contributed by atoms with E-state index in [0.29, 0.717) is 12.0 Å². The second-order valence-corrected chi connectivity index (χ2v) is 4.02. The SMILES string of the molecule is CCCCC(OC(=O)c1ccccc1)C(=O)NC. The summed E-state index contributed by atoms with van der Waals surface area (Å²) < 4.78 is 5.24. The highest BCUT2D eigenvalue weighted by molar-refractivity contribution is 5.92. The molecule has 1 rings (SSSR count). The van der Waals surface area contributed by atoms with Crippen LogP contribution in [-0.4, -0.2) is 25.0 Å². The van der Waals surface area contributed by atoms with Gasteiger partial charge in [-0.25, -0.2) is 4.79 Å². The number of amides is 1. The lowest BCUT2D eigenvalue weighted by Gasteiger charge is -2.16. The molecule has 1 atom stereocenters. The van der Waals surface area contributed by atoms with Crippen molar-refractivity contribution in [3.8, 4) is 0 Å². The van der Waals surface area contributed by atoms with E-state index in [1.165, 1.54) is 7.05 Å². The Morgan fingerprint density at radius 3 is 2.50 bits per heavy atom. The van der Waals surface area contributed by atoms with Gasteiger partial charge in [-0.15, -0.1) is 0 Å². The molecule has 4 nitrogen and oxygen atoms in total. The second kappa shape index (κ2) is 7.48. The smallest absolute Gasteiger partial charge is 0.338 e. The standard InChI is InChI=1S/C14H19NO3/c1-3-4-10-12(13(16)15-2)18-14(17)11-8-6-5-7-9-11/h5-9,12H,3-4,10H2,1-2H3,(H,15,16). The molecule has 0 aromatic heterocycles. The minimum atomic E-state index is -0.706. The summed E-state index contributed by atoms with van der Waals surface area (Å²) in [6.45, 7) is 2.03. The fourth-order valence-corrected chi connectivity index (χ4v) is 1.57. The summed E-state index contributed by atoms with van der Waals surface area (Å²) in [5, 5.41) is 2.51. The Hall–Kier alpha value is -1.84. The maximum absolute atomic E-state index is 11.8. The number of ether oxygens (including phenoxy) is 1. The van der Waals surface area contributed by atoms with Crippen LogP contribution in [0.4, 0.5) is 0 Å². The highest BCUT2D eigenvalue weighted by Crippen LogP contribution is 2.09. The zero-order valence-electron chi connectivity index (χ0n) is 10.8. The number of carbonyl (C=O) groups is 2. The van der Waals surface area contributed by atoms with Crippen molar-refractivity contribution in [2.75, 3.05) is 7.05 Å². The van der Waals surface area contributed by atoms with Gasteiger partial charge in [-0.2, -0.15) is 0 Å². The summed E-state index contributed by atoms with van der Waals surface area (Å²) in [6.07, 6.45) is 1.65. The number of hydrogen-bond acceptors (Lipinski definition) is 3. The molecule has 1 aromatic carbocycles. The third-order valence-electron chi connectivity index (χ3n) is 2.62. The number of rotatable bonds is 6. The van der Waals surface area contributed by atoms with Crippen molar-refractivity contribution in [2.24, 2.45) is 0 Å². The van der Waals surface area contributed by atoms with Crippen molar-refractivity contribution in [1.29, 1.82) is 0 Å². The van der Waals surface area contributed by atoms with Gasteiger partial charge in [0.25, 0.3) is 5.91 Å². The first-order chi connectivity index (χ1) is 8.69. The molecular weight excluding hydrogens is 230 g/mol. The van der Waals surface area contributed by atoms with E-state index in [2.05, 4.69) is 5.32 Å². The van der Waals surface area contributed by atoms with E-state index in [9.17, 15) is 9.59 Å². The van der Waals surface area contributed by atoms with Gasteiger partial charge < -0.3 is 10.1 Å². The maximum Gasteiger partial charge on any atom is 0.338 e. The number of likely N-dealkylation sites (N-methyl/N-ethyl adjacent to an activating group) is 1. The molecule has 0 bridgehead atoms. The van der Waals surface area contributed by atoms with Gasteiger partial charge in [0, 0.05) is 7.05 Å². The predicted molar refractivity (Wildman–Crippen MR) is 69.2 cm³/mol. The van der Waals surface area contributed by atoms with E-state index in [-0.39, 0.29) is 5.91 Å². The molecule has 0 fully saturated rings. The molecule has 0 saturated heterocycles. The van der Waals surface area contributed by atoms with Gasteiger partial charge in [-0.1, -0.05) is 31.5 Å². The van der Waals surface area contributed by atoms with Gasteiger partial charge >= 0.3 is 5.97 Å². The number of carbonyl (C=O) groups excluding carboxylic acids is 2. The fourth-order valence-electron chi connectivity index (χ4n) is 1.57. The molecule has 1 unspecified atom stereocenters. The van der Waals surface area contributed by atoms with Crippen LogP contribution in [0, 0.1) is 0 Å². The Balaban J connectivity index is 2.65. The normalized spacial score (nSPS) is 11.7. The first-order valence-corrected chi connectivity index (χ1v) is 6.16. The monoisotopic (exact) mass is 249 g/mol. The number of nitrogens with one attached hydrogen (secondary N) is 1. The average molecular weight is 249 g/mol. The van der Waals surface area contributed by atoms with E-state index < -0.39 is 12.1 Å². The Morgan fingerprint density at radius 2 is 1.94 bits per heavy atom. The van der Waals surface area contributed by atoms with Gasteiger partial charge in [0.2, 0.25) is 0 Å². The molecule has 0 aliphatic rings. The third kappa shape index (κ3) is 4.20. The van der Waals surface area contributed by atoms with E-state index in [4.69, 9.17) is 4.74 Å². The predicted octanol–water partition coefficient (Wildman–Crippen LogP) is 2.15. The number of hydrogen-bond donors (Lipinski definition) is 1. The van der Waals surface area contributed by atoms with Crippen molar-refractivity contribution in [3.63, 3.8) is 0 Å². The van der Waals surface area contributed by atoms with Crippen LogP contribution in [-0.2, 0) is 9.53 Å². The lowest BCUT2D eigenvalue weighted by Crippen LogP contribution is -2.35. The van der Waals surface area contributed by atoms with Gasteiger partial charge in [0.1, 0.15) is 0 Å². The Labute approximate surface area is 107 Å². The fraction of sp³-hybridized carbons (Fsp3) is 0.429. The number of unbranched alkanes of at least 4 members (excludes halogenated alkanes) is 1. The molecule has 0 spiro atoms. The quantitative estimate of drug-likeness (QED) is 0.786. The largest absolute Gasteiger partial charge is 0.449 e. The summed E-state index contributed by atoms with van der Waals surface area (Å²) >= 11 is 0. The first kappa shape index (κ1) is 14.2. The van der Waals surface area contributed by atoms with Crippen LogP contribution in [0.1, 0.15) is 36.5 Å². The molecule has 4 heteroatoms. The summed E-state index contributed by atoms with van der Waals surface area (Å²) in [4.78, 5) is 23.4. The van der Waals surface area contributed by atoms with Gasteiger partial charge in [0.05, 0.1) is 5.56 Å². The third-order valence-corrected chi connectivity index (χ3v) is 2.62. The second-order valence-electron chi connectivity index (χ2n) is 4.02. The molecule has 18 heavy (non-hydrogen) atoms. The van der Waals surface area contributed by atoms with Gasteiger partial charge in [-0.3, -0.25) is 4.79 Å². The summed E-state index contributed by atoms with van der Waals surface area (Å²) in [5.41, 5.74) is 0.461. The summed E-state index contributed by atoms with van der Waals surface area (Å²) in [7, 11) is 1.54. The highest BCUT2D eigenvalue weighted by Gasteiger charge is 2.21. The first-order valence-electron chi connectivity index (χ1n) is 6.16. The van der Waals surface area contributed by atoms with Crippen molar-refractivity contribution in [2.45, 2.75) is 32.3 Å². The summed E-state index contributed by atoms with van der Waals surface area (Å²) in [5.74, 6) is -0.715. The van der Waals surface area contributed by atoms with Crippen LogP contribution in [0.15, 0.2) is 30.3 Å². The average Bonchev–Trinajstić information content (AvgIpc) is 2.43. The molecule has 0 saturated carbocycles. The molecule has 0 radical (unpaired) electrons. The van der Waals surface area contributed by atoms with E-state index in [1.807, 2.05) is 13.0 Å². The minimum Gasteiger partial charge on any atom is -0.449 e. The lowest BCUT2D eigenvalue weighted by molar-refractivity contribution is -0.129. The van der Waals surface area contributed by atoms with E-state index >= 15 is 0 Å². The van der Waals surface area contributed by atoms with Crippen molar-refractivity contribution >= 4 is 11.9 Å². The van der Waals surface area contributed by atoms with Crippen LogP contribution in [0.5, 0.6) is 0 Å². The molecule has 0 aliphatic carbocycles. The van der Waals surface area contributed by atoms with Crippen LogP contribution >= 0.6 is 0 Å². The Bertz CT molecular complexity index is 389. The van der Waals surface area contributed by atoms with Crippen LogP contribution in [0.3, 0.4) is 0 Å². The molecule has 0 aliphatic heterocycles. The van der Waals surface area contributed by atoms with E-state index in [1.54, 1.807) is 24.3 Å². The van der Waals surface area contributed by atoms with Crippen LogP contribution in [0.25, 0.3) is 0 Å². The topological polar surface area (TPSA) is 55.4 Å². The Morgan fingerprint density at radius 1 is 1.28 bits per heavy atom. The number of esters is 1. The minimum absolute atomic E-state index is 0.257. The molecule has 98 valence electrons. The lowest BCUT2D eigenvalue weighted by atomic mass is 10.1. The molecule has 1 N–H and O–H groups in total. The van der Waals surface area contributed by atoms with Gasteiger partial charge in [0.15, 0.2) is 6.10 Å². The van der Waals surface area contributed by atoms with Gasteiger partial charge in [-0.05, 0) is 25.0 Å². The van der Waals surface area contributed by atoms with Crippen LogP contribution in [0.2, 0.25) is 0 Å². The zero-order valence-corrected chi connectivity index (χ0v) is 10.8. The molecule has 0 heterocycles. The molecule has 1 amide bonds. The van der Waals surface area contributed by atoms with Crippen molar-refractivity contribution in [3.05, 3.63) is 35.9 Å². The molecule has 1 aromatic rings.